The van der Waals surface area contributed by atoms with Gasteiger partial charge < -0.3 is 15.4 Å². The number of methoxy groups -OCH3 is 1. The van der Waals surface area contributed by atoms with Crippen molar-refractivity contribution in [1.82, 2.24) is 9.78 Å². The van der Waals surface area contributed by atoms with E-state index in [1.807, 2.05) is 54.3 Å². The number of anilines is 1. The highest BCUT2D eigenvalue weighted by molar-refractivity contribution is 6.01. The molecule has 2 aliphatic rings. The fourth-order valence-electron chi connectivity index (χ4n) is 6.01. The van der Waals surface area contributed by atoms with Gasteiger partial charge in [0, 0.05) is 22.9 Å². The van der Waals surface area contributed by atoms with E-state index in [0.29, 0.717) is 12.8 Å². The van der Waals surface area contributed by atoms with Gasteiger partial charge >= 0.3 is 0 Å². The Hall–Kier alpha value is -4.20. The van der Waals surface area contributed by atoms with Gasteiger partial charge in [-0.1, -0.05) is 19.1 Å². The summed E-state index contributed by atoms with van der Waals surface area (Å²) >= 11 is 0. The summed E-state index contributed by atoms with van der Waals surface area (Å²) in [6.07, 6.45) is 3.11. The Balaban J connectivity index is 1.46. The molecule has 2 fully saturated rings. The van der Waals surface area contributed by atoms with Crippen LogP contribution in [0.1, 0.15) is 31.4 Å². The number of hydrogen-bond acceptors (Lipinski definition) is 4. The Labute approximate surface area is 213 Å². The molecule has 3 aromatic carbocycles. The smallest absolute Gasteiger partial charge is 0.230 e. The lowest BCUT2D eigenvalue weighted by Gasteiger charge is -2.32. The normalized spacial score (nSPS) is 22.4. The highest BCUT2D eigenvalue weighted by Crippen LogP contribution is 2.62. The molecule has 188 valence electrons. The van der Waals surface area contributed by atoms with Gasteiger partial charge in [-0.15, -0.1) is 0 Å². The molecule has 0 bridgehead atoms. The van der Waals surface area contributed by atoms with Gasteiger partial charge in [0.25, 0.3) is 0 Å². The molecule has 3 atom stereocenters. The van der Waals surface area contributed by atoms with Crippen molar-refractivity contribution in [2.75, 3.05) is 12.0 Å². The summed E-state index contributed by atoms with van der Waals surface area (Å²) in [7, 11) is 1.61. The Morgan fingerprint density at radius 3 is 2.35 bits per heavy atom. The number of primary amides is 1. The van der Waals surface area contributed by atoms with E-state index in [1.165, 1.54) is 12.1 Å². The van der Waals surface area contributed by atoms with E-state index in [4.69, 9.17) is 10.5 Å². The van der Waals surface area contributed by atoms with Gasteiger partial charge in [0.2, 0.25) is 11.8 Å². The number of benzene rings is 3. The van der Waals surface area contributed by atoms with Crippen LogP contribution in [0.15, 0.2) is 72.9 Å². The first-order chi connectivity index (χ1) is 17.8. The lowest BCUT2D eigenvalue weighted by molar-refractivity contribution is -0.126. The van der Waals surface area contributed by atoms with E-state index in [-0.39, 0.29) is 35.5 Å². The molecule has 2 N–H and O–H groups in total. The Morgan fingerprint density at radius 2 is 1.73 bits per heavy atom. The summed E-state index contributed by atoms with van der Waals surface area (Å²) in [6, 6.07) is 19.2. The van der Waals surface area contributed by atoms with Gasteiger partial charge in [-0.25, -0.2) is 9.07 Å². The predicted molar refractivity (Wildman–Crippen MR) is 138 cm³/mol. The van der Waals surface area contributed by atoms with E-state index in [1.54, 1.807) is 30.1 Å². The van der Waals surface area contributed by atoms with Gasteiger partial charge in [-0.3, -0.25) is 9.59 Å². The molecule has 7 nitrogen and oxygen atoms in total. The summed E-state index contributed by atoms with van der Waals surface area (Å²) in [4.78, 5) is 28.2. The number of ether oxygens (including phenoxy) is 1. The maximum absolute atomic E-state index is 13.8. The number of fused-ring (bicyclic) bond motifs is 1. The molecule has 3 unspecified atom stereocenters. The van der Waals surface area contributed by atoms with Crippen LogP contribution < -0.4 is 15.4 Å². The summed E-state index contributed by atoms with van der Waals surface area (Å²) in [6.45, 7) is 1.90. The van der Waals surface area contributed by atoms with Crippen molar-refractivity contribution >= 4 is 28.4 Å². The molecule has 1 saturated heterocycles. The van der Waals surface area contributed by atoms with Crippen LogP contribution in [-0.4, -0.2) is 28.7 Å². The SMILES string of the molecule is COc1ccc(C2C(C3(C(N)=O)CC3)C(C)C(=O)N2c2ccc3c(cnn3-c3ccc(F)cc3)c2)cc1. The van der Waals surface area contributed by atoms with Gasteiger partial charge in [0.15, 0.2) is 0 Å². The van der Waals surface area contributed by atoms with Crippen molar-refractivity contribution in [2.45, 2.75) is 25.8 Å². The molecule has 8 heteroatoms. The Kier molecular flexibility index (Phi) is 5.29. The molecule has 6 rings (SSSR count). The zero-order valence-electron chi connectivity index (χ0n) is 20.6. The molecule has 1 aromatic heterocycles. The summed E-state index contributed by atoms with van der Waals surface area (Å²) in [5.41, 5.74) is 8.45. The monoisotopic (exact) mass is 498 g/mol. The standard InChI is InChI=1S/C29H27FN4O3/c1-17-25(29(13-14-29)28(31)36)26(18-3-10-23(37-2)11-4-18)33(27(17)35)22-9-12-24-19(15-22)16-32-34(24)21-7-5-20(30)6-8-21/h3-12,15-17,25-26H,13-14H2,1-2H3,(H2,31,36). The van der Waals surface area contributed by atoms with Gasteiger partial charge in [-0.2, -0.15) is 5.10 Å². The minimum absolute atomic E-state index is 0.0383. The highest BCUT2D eigenvalue weighted by atomic mass is 19.1. The molecular weight excluding hydrogens is 471 g/mol. The number of hydrogen-bond donors (Lipinski definition) is 1. The topological polar surface area (TPSA) is 90.4 Å². The van der Waals surface area contributed by atoms with Crippen molar-refractivity contribution in [3.63, 3.8) is 0 Å². The minimum atomic E-state index is -0.689. The van der Waals surface area contributed by atoms with Crippen molar-refractivity contribution in [2.24, 2.45) is 23.0 Å². The van der Waals surface area contributed by atoms with Crippen LogP contribution in [0.3, 0.4) is 0 Å². The van der Waals surface area contributed by atoms with Gasteiger partial charge in [-0.05, 0) is 73.0 Å². The molecule has 1 saturated carbocycles. The number of amides is 2. The number of carbonyl (C=O) groups excluding carboxylic acids is 2. The number of halogens is 1. The molecule has 0 spiro atoms. The van der Waals surface area contributed by atoms with Crippen LogP contribution in [-0.2, 0) is 9.59 Å². The fourth-order valence-corrected chi connectivity index (χ4v) is 6.01. The van der Waals surface area contributed by atoms with E-state index >= 15 is 0 Å². The molecule has 2 heterocycles. The van der Waals surface area contributed by atoms with E-state index < -0.39 is 5.41 Å². The summed E-state index contributed by atoms with van der Waals surface area (Å²) < 4.78 is 20.5. The zero-order chi connectivity index (χ0) is 25.9. The van der Waals surface area contributed by atoms with Crippen molar-refractivity contribution in [3.8, 4) is 11.4 Å². The van der Waals surface area contributed by atoms with Crippen LogP contribution in [0, 0.1) is 23.1 Å². The third kappa shape index (κ3) is 3.58. The van der Waals surface area contributed by atoms with Crippen LogP contribution >= 0.6 is 0 Å². The first kappa shape index (κ1) is 23.2. The first-order valence-electron chi connectivity index (χ1n) is 12.3. The third-order valence-corrected chi connectivity index (χ3v) is 8.06. The molecule has 37 heavy (non-hydrogen) atoms. The molecule has 4 aromatic rings. The van der Waals surface area contributed by atoms with Crippen LogP contribution in [0.25, 0.3) is 16.6 Å². The van der Waals surface area contributed by atoms with Gasteiger partial charge in [0.05, 0.1) is 36.0 Å². The fraction of sp³-hybridized carbons (Fsp3) is 0.276. The van der Waals surface area contributed by atoms with E-state index in [0.717, 1.165) is 33.6 Å². The molecule has 1 aliphatic carbocycles. The largest absolute Gasteiger partial charge is 0.497 e. The third-order valence-electron chi connectivity index (χ3n) is 8.06. The maximum atomic E-state index is 13.8. The Bertz CT molecular complexity index is 1510. The minimum Gasteiger partial charge on any atom is -0.497 e. The second kappa shape index (κ2) is 8.44. The number of nitrogens with zero attached hydrogens (tertiary/aromatic N) is 3. The quantitative estimate of drug-likeness (QED) is 0.414. The number of carbonyl (C=O) groups is 2. The molecule has 2 amide bonds. The lowest BCUT2D eigenvalue weighted by Crippen LogP contribution is -2.37. The van der Waals surface area contributed by atoms with Crippen LogP contribution in [0.2, 0.25) is 0 Å². The van der Waals surface area contributed by atoms with Crippen molar-refractivity contribution in [3.05, 3.63) is 84.3 Å². The average molecular weight is 499 g/mol. The Morgan fingerprint density at radius 1 is 1.05 bits per heavy atom. The van der Waals surface area contributed by atoms with Crippen molar-refractivity contribution in [1.29, 1.82) is 0 Å². The van der Waals surface area contributed by atoms with E-state index in [9.17, 15) is 14.0 Å². The summed E-state index contributed by atoms with van der Waals surface area (Å²) in [5, 5.41) is 5.34. The highest BCUT2D eigenvalue weighted by Gasteiger charge is 2.64. The van der Waals surface area contributed by atoms with E-state index in [2.05, 4.69) is 5.10 Å². The number of aromatic nitrogens is 2. The second-order valence-electron chi connectivity index (χ2n) is 10.0. The average Bonchev–Trinajstić information content (AvgIpc) is 3.54. The zero-order valence-corrected chi connectivity index (χ0v) is 20.6. The first-order valence-corrected chi connectivity index (χ1v) is 12.3. The second-order valence-corrected chi connectivity index (χ2v) is 10.0. The number of nitrogens with two attached hydrogens (primary N) is 1. The number of rotatable bonds is 6. The lowest BCUT2D eigenvalue weighted by atomic mass is 9.75. The molecule has 1 aliphatic heterocycles. The molecular formula is C29H27FN4O3. The van der Waals surface area contributed by atoms with Crippen molar-refractivity contribution < 1.29 is 18.7 Å². The predicted octanol–water partition coefficient (Wildman–Crippen LogP) is 4.78. The van der Waals surface area contributed by atoms with Gasteiger partial charge in [0.1, 0.15) is 11.6 Å². The summed E-state index contributed by atoms with van der Waals surface area (Å²) in [5.74, 6) is -0.594. The van der Waals surface area contributed by atoms with Crippen LogP contribution in [0.5, 0.6) is 5.75 Å². The molecule has 0 radical (unpaired) electrons. The van der Waals surface area contributed by atoms with Crippen LogP contribution in [0.4, 0.5) is 10.1 Å². The maximum Gasteiger partial charge on any atom is 0.230 e.